The number of unbranched alkanes of at least 4 members (excludes halogenated alkanes) is 2. The van der Waals surface area contributed by atoms with Crippen LogP contribution in [0.15, 0.2) is 64.7 Å². The molecule has 1 spiro atoms. The van der Waals surface area contributed by atoms with Crippen LogP contribution in [-0.2, 0) is 19.1 Å². The highest BCUT2D eigenvalue weighted by Gasteiger charge is 2.75. The van der Waals surface area contributed by atoms with E-state index in [0.29, 0.717) is 35.5 Å². The van der Waals surface area contributed by atoms with Crippen LogP contribution in [-0.4, -0.2) is 28.8 Å². The topological polar surface area (TPSA) is 93.1 Å². The van der Waals surface area contributed by atoms with E-state index in [1.54, 1.807) is 12.1 Å². The lowest BCUT2D eigenvalue weighted by Crippen LogP contribution is -2.60. The van der Waals surface area contributed by atoms with Crippen molar-refractivity contribution in [3.8, 4) is 5.75 Å². The fraction of sp³-hybridized carbons (Fsp3) is 0.500. The van der Waals surface area contributed by atoms with Gasteiger partial charge < -0.3 is 19.7 Å². The van der Waals surface area contributed by atoms with Crippen molar-refractivity contribution in [2.75, 3.05) is 6.61 Å². The van der Waals surface area contributed by atoms with Crippen LogP contribution in [0.25, 0.3) is 5.57 Å². The molecule has 4 atom stereocenters. The zero-order valence-corrected chi connectivity index (χ0v) is 22.2. The molecule has 6 aliphatic rings. The third-order valence-electron chi connectivity index (χ3n) is 9.66. The first-order chi connectivity index (χ1) is 18.4. The Morgan fingerprint density at radius 3 is 2.53 bits per heavy atom. The first-order valence-electron chi connectivity index (χ1n) is 14.2. The molecule has 0 radical (unpaired) electrons. The number of aliphatic hydroxyl groups excluding tert-OH is 1. The Bertz CT molecular complexity index is 1330. The van der Waals surface area contributed by atoms with Gasteiger partial charge in [-0.3, -0.25) is 0 Å². The second-order valence-corrected chi connectivity index (χ2v) is 11.3. The van der Waals surface area contributed by atoms with Gasteiger partial charge in [0, 0.05) is 17.6 Å². The quantitative estimate of drug-likeness (QED) is 0.425. The van der Waals surface area contributed by atoms with Gasteiger partial charge in [0.1, 0.15) is 17.3 Å². The number of esters is 2. The number of ether oxygens (including phenoxy) is 2. The molecule has 1 aromatic rings. The Morgan fingerprint density at radius 1 is 1.03 bits per heavy atom. The number of rotatable bonds is 7. The highest BCUT2D eigenvalue weighted by Crippen LogP contribution is 2.78. The average molecular weight is 517 g/mol. The van der Waals surface area contributed by atoms with Crippen LogP contribution >= 0.6 is 0 Å². The molecule has 1 saturated heterocycles. The third-order valence-corrected chi connectivity index (χ3v) is 9.66. The maximum absolute atomic E-state index is 13.8. The van der Waals surface area contributed by atoms with Crippen molar-refractivity contribution >= 4 is 17.5 Å². The van der Waals surface area contributed by atoms with E-state index in [9.17, 15) is 19.8 Å². The van der Waals surface area contributed by atoms with Gasteiger partial charge >= 0.3 is 11.9 Å². The Kier molecular flexibility index (Phi) is 6.14. The lowest BCUT2D eigenvalue weighted by atomic mass is 9.36. The Hall–Kier alpha value is -3.12. The predicted octanol–water partition coefficient (Wildman–Crippen LogP) is 6.11. The minimum Gasteiger partial charge on any atom is -0.508 e. The van der Waals surface area contributed by atoms with Crippen molar-refractivity contribution in [2.45, 2.75) is 71.6 Å². The summed E-state index contributed by atoms with van der Waals surface area (Å²) in [6.45, 7) is 4.08. The maximum Gasteiger partial charge on any atom is 0.340 e. The summed E-state index contributed by atoms with van der Waals surface area (Å²) < 4.78 is 12.1. The molecule has 1 aromatic carbocycles. The largest absolute Gasteiger partial charge is 0.508 e. The standard InChI is InChI=1S/C32H36O6/c1-3-5-10-24-22-12-13-23-21-14-15-32(31(23,16-17-33)27(22)29(35)37-24)25(11-6-4-2)38-30(36)28(32)26(21)19-8-7-9-20(34)18-19/h7-11,18,21,23,33-34H,3-6,12-17H2,1-2H3. The van der Waals surface area contributed by atoms with E-state index in [-0.39, 0.29) is 36.1 Å². The zero-order chi connectivity index (χ0) is 26.7. The molecule has 38 heavy (non-hydrogen) atoms. The molecular formula is C32H36O6. The van der Waals surface area contributed by atoms with Crippen molar-refractivity contribution in [2.24, 2.45) is 22.7 Å². The lowest BCUT2D eigenvalue weighted by molar-refractivity contribution is -0.138. The molecule has 6 heteroatoms. The molecule has 4 aliphatic carbocycles. The van der Waals surface area contributed by atoms with Gasteiger partial charge in [-0.05, 0) is 92.2 Å². The van der Waals surface area contributed by atoms with Gasteiger partial charge in [-0.2, -0.15) is 0 Å². The molecule has 4 unspecified atom stereocenters. The van der Waals surface area contributed by atoms with E-state index < -0.39 is 10.8 Å². The van der Waals surface area contributed by atoms with E-state index in [0.717, 1.165) is 61.7 Å². The zero-order valence-electron chi connectivity index (χ0n) is 22.2. The Balaban J connectivity index is 1.70. The SMILES string of the molecule is CCCC=C1OC(=O)C2=C1CCC1C3CCC4(C(=CCCC)OC(=O)C4=C3c3cccc(O)c3)C21CCO. The van der Waals surface area contributed by atoms with E-state index in [1.165, 1.54) is 0 Å². The molecule has 2 N–H and O–H groups in total. The Morgan fingerprint density at radius 2 is 1.79 bits per heavy atom. The number of aromatic hydroxyl groups is 1. The van der Waals surface area contributed by atoms with Crippen molar-refractivity contribution < 1.29 is 29.3 Å². The van der Waals surface area contributed by atoms with Gasteiger partial charge in [0.2, 0.25) is 0 Å². The molecule has 0 amide bonds. The number of hydrogen-bond acceptors (Lipinski definition) is 6. The van der Waals surface area contributed by atoms with E-state index >= 15 is 0 Å². The van der Waals surface area contributed by atoms with Crippen LogP contribution in [0.2, 0.25) is 0 Å². The number of benzene rings is 1. The number of hydrogen-bond donors (Lipinski definition) is 2. The fourth-order valence-corrected chi connectivity index (χ4v) is 8.52. The van der Waals surface area contributed by atoms with Crippen molar-refractivity contribution in [1.29, 1.82) is 0 Å². The molecule has 1 saturated carbocycles. The highest BCUT2D eigenvalue weighted by molar-refractivity contribution is 6.07. The van der Waals surface area contributed by atoms with Crippen molar-refractivity contribution in [3.63, 3.8) is 0 Å². The van der Waals surface area contributed by atoms with E-state index in [4.69, 9.17) is 9.47 Å². The number of cyclic esters (lactones) is 2. The summed E-state index contributed by atoms with van der Waals surface area (Å²) in [5.74, 6) is 0.760. The van der Waals surface area contributed by atoms with Crippen LogP contribution in [0.1, 0.15) is 77.2 Å². The van der Waals surface area contributed by atoms with Crippen LogP contribution in [0.3, 0.4) is 0 Å². The highest BCUT2D eigenvalue weighted by atomic mass is 16.6. The molecule has 2 heterocycles. The summed E-state index contributed by atoms with van der Waals surface area (Å²) in [6.07, 6.45) is 10.9. The van der Waals surface area contributed by atoms with Crippen LogP contribution < -0.4 is 0 Å². The molecule has 7 rings (SSSR count). The number of allylic oxidation sites excluding steroid dienone is 5. The second kappa shape index (κ2) is 9.26. The molecule has 200 valence electrons. The summed E-state index contributed by atoms with van der Waals surface area (Å²) in [5, 5.41) is 20.9. The van der Waals surface area contributed by atoms with E-state index in [2.05, 4.69) is 13.8 Å². The number of fused-ring (bicyclic) bond motifs is 1. The minimum atomic E-state index is -0.859. The van der Waals surface area contributed by atoms with Gasteiger partial charge in [0.25, 0.3) is 0 Å². The average Bonchev–Trinajstić information content (AvgIpc) is 3.40. The molecule has 0 aromatic heterocycles. The van der Waals surface area contributed by atoms with Gasteiger partial charge in [-0.15, -0.1) is 0 Å². The number of phenolic OH excluding ortho intramolecular Hbond substituents is 1. The number of phenols is 1. The predicted molar refractivity (Wildman–Crippen MR) is 142 cm³/mol. The second-order valence-electron chi connectivity index (χ2n) is 11.3. The van der Waals surface area contributed by atoms with E-state index in [1.807, 2.05) is 24.3 Å². The number of carbonyl (C=O) groups is 2. The van der Waals surface area contributed by atoms with Crippen LogP contribution in [0, 0.1) is 22.7 Å². The van der Waals surface area contributed by atoms with Crippen molar-refractivity contribution in [1.82, 2.24) is 0 Å². The summed E-state index contributed by atoms with van der Waals surface area (Å²) in [6, 6.07) is 7.13. The monoisotopic (exact) mass is 516 g/mol. The van der Waals surface area contributed by atoms with Gasteiger partial charge in [-0.25, -0.2) is 9.59 Å². The van der Waals surface area contributed by atoms with Crippen molar-refractivity contribution in [3.05, 3.63) is 70.2 Å². The van der Waals surface area contributed by atoms with Gasteiger partial charge in [0.15, 0.2) is 0 Å². The normalized spacial score (nSPS) is 33.6. The molecule has 2 aliphatic heterocycles. The lowest BCUT2D eigenvalue weighted by Gasteiger charge is -2.64. The first-order valence-corrected chi connectivity index (χ1v) is 14.2. The summed E-state index contributed by atoms with van der Waals surface area (Å²) in [5.41, 5.74) is 2.33. The number of aliphatic hydroxyl groups is 1. The molecular weight excluding hydrogens is 480 g/mol. The first kappa shape index (κ1) is 25.2. The summed E-state index contributed by atoms with van der Waals surface area (Å²) in [4.78, 5) is 27.6. The fourth-order valence-electron chi connectivity index (χ4n) is 8.52. The molecule has 2 bridgehead atoms. The summed E-state index contributed by atoms with van der Waals surface area (Å²) in [7, 11) is 0. The van der Waals surface area contributed by atoms with Gasteiger partial charge in [0.05, 0.1) is 16.6 Å². The summed E-state index contributed by atoms with van der Waals surface area (Å²) >= 11 is 0. The van der Waals surface area contributed by atoms with Crippen LogP contribution in [0.5, 0.6) is 5.75 Å². The minimum absolute atomic E-state index is 0.00354. The smallest absolute Gasteiger partial charge is 0.340 e. The number of carbonyl (C=O) groups excluding carboxylic acids is 2. The molecule has 2 fully saturated rings. The third kappa shape index (κ3) is 3.16. The van der Waals surface area contributed by atoms with Gasteiger partial charge in [-0.1, -0.05) is 38.8 Å². The Labute approximate surface area is 223 Å². The maximum atomic E-state index is 13.8. The molecule has 6 nitrogen and oxygen atoms in total. The van der Waals surface area contributed by atoms with Crippen LogP contribution in [0.4, 0.5) is 0 Å².